The molecule has 4 aromatic rings. The predicted octanol–water partition coefficient (Wildman–Crippen LogP) is 2.34. The Morgan fingerprint density at radius 2 is 2.03 bits per heavy atom. The van der Waals surface area contributed by atoms with Gasteiger partial charge in [0.15, 0.2) is 5.69 Å². The number of hydrogen-bond acceptors (Lipinski definition) is 9. The van der Waals surface area contributed by atoms with Crippen LogP contribution in [-0.4, -0.2) is 44.0 Å². The van der Waals surface area contributed by atoms with Gasteiger partial charge in [-0.3, -0.25) is 4.79 Å². The molecule has 0 saturated carbocycles. The first-order valence-corrected chi connectivity index (χ1v) is 9.53. The number of nitrogens with two attached hydrogens (primary N) is 1. The fraction of sp³-hybridized carbons (Fsp3) is 0.100. The van der Waals surface area contributed by atoms with Gasteiger partial charge in [0, 0.05) is 11.1 Å². The van der Waals surface area contributed by atoms with Crippen LogP contribution in [0.15, 0.2) is 52.2 Å². The Kier molecular flexibility index (Phi) is 6.02. The molecule has 3 N–H and O–H groups in total. The lowest BCUT2D eigenvalue weighted by Crippen LogP contribution is -2.19. The first-order valence-electron chi connectivity index (χ1n) is 9.53. The second-order valence-corrected chi connectivity index (χ2v) is 6.49. The van der Waals surface area contributed by atoms with Crippen molar-refractivity contribution in [3.8, 4) is 22.8 Å². The summed E-state index contributed by atoms with van der Waals surface area (Å²) in [7, 11) is 0. The van der Waals surface area contributed by atoms with Crippen molar-refractivity contribution in [2.45, 2.75) is 6.92 Å². The summed E-state index contributed by atoms with van der Waals surface area (Å²) in [6.07, 6.45) is 0.969. The van der Waals surface area contributed by atoms with Crippen molar-refractivity contribution in [2.75, 3.05) is 12.3 Å². The van der Waals surface area contributed by atoms with Gasteiger partial charge in [0.2, 0.25) is 11.6 Å². The van der Waals surface area contributed by atoms with E-state index in [0.29, 0.717) is 17.9 Å². The quantitative estimate of drug-likeness (QED) is 0.320. The molecule has 2 heterocycles. The Morgan fingerprint density at radius 3 is 2.73 bits per heavy atom. The van der Waals surface area contributed by atoms with Gasteiger partial charge in [-0.1, -0.05) is 5.21 Å². The Hall–Kier alpha value is -4.68. The van der Waals surface area contributed by atoms with Crippen LogP contribution in [0.1, 0.15) is 23.0 Å². The predicted molar refractivity (Wildman–Crippen MR) is 112 cm³/mol. The standard InChI is InChI=1S/C20H16F2N8O3/c1-2-32-14-6-3-11(4-7-14)17-16(25-29-30(17)19-18(23)27-33-28-19)20(31)26-24-10-12-9-13(21)5-8-15(12)22/h3-10H,2H2,1H3,(H2,23,27)(H,26,31). The van der Waals surface area contributed by atoms with Gasteiger partial charge >= 0.3 is 0 Å². The number of rotatable bonds is 7. The lowest BCUT2D eigenvalue weighted by atomic mass is 10.1. The van der Waals surface area contributed by atoms with Crippen LogP contribution in [0.25, 0.3) is 17.1 Å². The summed E-state index contributed by atoms with van der Waals surface area (Å²) in [5.74, 6) is -1.55. The maximum atomic E-state index is 13.7. The van der Waals surface area contributed by atoms with Crippen molar-refractivity contribution >= 4 is 17.9 Å². The summed E-state index contributed by atoms with van der Waals surface area (Å²) >= 11 is 0. The molecule has 0 aliphatic heterocycles. The van der Waals surface area contributed by atoms with Gasteiger partial charge in [0.1, 0.15) is 23.1 Å². The molecule has 13 heteroatoms. The molecule has 0 aliphatic rings. The van der Waals surface area contributed by atoms with Gasteiger partial charge in [-0.25, -0.2) is 18.8 Å². The average molecular weight is 454 g/mol. The van der Waals surface area contributed by atoms with Gasteiger partial charge in [-0.15, -0.1) is 5.10 Å². The van der Waals surface area contributed by atoms with E-state index in [2.05, 4.69) is 35.8 Å². The maximum Gasteiger partial charge on any atom is 0.294 e. The largest absolute Gasteiger partial charge is 0.494 e. The van der Waals surface area contributed by atoms with Crippen molar-refractivity contribution in [2.24, 2.45) is 5.10 Å². The van der Waals surface area contributed by atoms with E-state index in [1.807, 2.05) is 6.92 Å². The number of hydrazone groups is 1. The Morgan fingerprint density at radius 1 is 1.24 bits per heavy atom. The maximum absolute atomic E-state index is 13.7. The van der Waals surface area contributed by atoms with Gasteiger partial charge in [0.25, 0.3) is 5.91 Å². The molecule has 0 radical (unpaired) electrons. The van der Waals surface area contributed by atoms with Crippen LogP contribution >= 0.6 is 0 Å². The van der Waals surface area contributed by atoms with Gasteiger partial charge < -0.3 is 10.5 Å². The first kappa shape index (κ1) is 21.5. The highest BCUT2D eigenvalue weighted by Gasteiger charge is 2.25. The number of benzene rings is 2. The molecular weight excluding hydrogens is 438 g/mol. The molecule has 168 valence electrons. The third kappa shape index (κ3) is 4.51. The Bertz CT molecular complexity index is 1320. The van der Waals surface area contributed by atoms with Crippen LogP contribution < -0.4 is 15.9 Å². The number of anilines is 1. The summed E-state index contributed by atoms with van der Waals surface area (Å²) < 4.78 is 38.3. The van der Waals surface area contributed by atoms with Crippen LogP contribution in [-0.2, 0) is 0 Å². The number of ether oxygens (including phenoxy) is 1. The number of amides is 1. The van der Waals surface area contributed by atoms with Crippen LogP contribution in [0.5, 0.6) is 5.75 Å². The van der Waals surface area contributed by atoms with Crippen molar-refractivity contribution in [1.29, 1.82) is 0 Å². The van der Waals surface area contributed by atoms with Gasteiger partial charge in [-0.05, 0) is 59.7 Å². The molecule has 4 rings (SSSR count). The van der Waals surface area contributed by atoms with E-state index in [-0.39, 0.29) is 28.6 Å². The number of nitrogen functional groups attached to an aromatic ring is 1. The van der Waals surface area contributed by atoms with Crippen molar-refractivity contribution in [3.05, 3.63) is 65.4 Å². The highest BCUT2D eigenvalue weighted by Crippen LogP contribution is 2.28. The molecule has 2 aromatic heterocycles. The second-order valence-electron chi connectivity index (χ2n) is 6.49. The minimum Gasteiger partial charge on any atom is -0.494 e. The lowest BCUT2D eigenvalue weighted by molar-refractivity contribution is 0.0950. The number of carbonyl (C=O) groups is 1. The Labute approximate surface area is 184 Å². The summed E-state index contributed by atoms with van der Waals surface area (Å²) in [5, 5.41) is 18.7. The van der Waals surface area contributed by atoms with Crippen LogP contribution in [0.3, 0.4) is 0 Å². The number of aromatic nitrogens is 5. The zero-order chi connectivity index (χ0) is 23.4. The highest BCUT2D eigenvalue weighted by molar-refractivity contribution is 5.98. The second kappa shape index (κ2) is 9.21. The zero-order valence-corrected chi connectivity index (χ0v) is 17.1. The molecule has 0 aliphatic carbocycles. The molecular formula is C20H16F2N8O3. The molecule has 0 unspecified atom stereocenters. The normalized spacial score (nSPS) is 11.1. The van der Waals surface area contributed by atoms with Gasteiger partial charge in [-0.2, -0.15) is 9.78 Å². The summed E-state index contributed by atoms with van der Waals surface area (Å²) in [6, 6.07) is 9.63. The van der Waals surface area contributed by atoms with Gasteiger partial charge in [0.05, 0.1) is 12.8 Å². The van der Waals surface area contributed by atoms with Crippen molar-refractivity contribution in [3.63, 3.8) is 0 Å². The third-order valence-electron chi connectivity index (χ3n) is 4.35. The molecule has 2 aromatic carbocycles. The molecule has 0 spiro atoms. The smallest absolute Gasteiger partial charge is 0.294 e. The number of hydrogen-bond donors (Lipinski definition) is 2. The van der Waals surface area contributed by atoms with E-state index in [9.17, 15) is 13.6 Å². The van der Waals surface area contributed by atoms with E-state index < -0.39 is 17.5 Å². The number of carbonyl (C=O) groups excluding carboxylic acids is 1. The molecule has 0 bridgehead atoms. The Balaban J connectivity index is 1.68. The molecule has 0 saturated heterocycles. The number of nitrogens with zero attached hydrogens (tertiary/aromatic N) is 6. The molecule has 0 fully saturated rings. The molecule has 0 atom stereocenters. The van der Waals surface area contributed by atoms with Crippen LogP contribution in [0.4, 0.5) is 14.6 Å². The fourth-order valence-electron chi connectivity index (χ4n) is 2.88. The molecule has 33 heavy (non-hydrogen) atoms. The number of nitrogens with one attached hydrogen (secondary N) is 1. The zero-order valence-electron chi connectivity index (χ0n) is 17.1. The molecule has 1 amide bonds. The third-order valence-corrected chi connectivity index (χ3v) is 4.35. The van der Waals surface area contributed by atoms with Crippen LogP contribution in [0, 0.1) is 11.6 Å². The number of halogens is 2. The van der Waals surface area contributed by atoms with E-state index in [4.69, 9.17) is 10.5 Å². The summed E-state index contributed by atoms with van der Waals surface area (Å²) in [5.41, 5.74) is 8.44. The monoisotopic (exact) mass is 454 g/mol. The SMILES string of the molecule is CCOc1ccc(-c2c(C(=O)NN=Cc3cc(F)ccc3F)nnn2-c2nonc2N)cc1. The van der Waals surface area contributed by atoms with Crippen molar-refractivity contribution in [1.82, 2.24) is 30.7 Å². The summed E-state index contributed by atoms with van der Waals surface area (Å²) in [6.45, 7) is 2.34. The summed E-state index contributed by atoms with van der Waals surface area (Å²) in [4.78, 5) is 12.8. The molecule has 11 nitrogen and oxygen atoms in total. The average Bonchev–Trinajstić information content (AvgIpc) is 3.43. The fourth-order valence-corrected chi connectivity index (χ4v) is 2.88. The minimum atomic E-state index is -0.770. The first-order chi connectivity index (χ1) is 16.0. The van der Waals surface area contributed by atoms with E-state index in [1.54, 1.807) is 24.3 Å². The minimum absolute atomic E-state index is 0.0239. The van der Waals surface area contributed by atoms with E-state index >= 15 is 0 Å². The lowest BCUT2D eigenvalue weighted by Gasteiger charge is -2.07. The highest BCUT2D eigenvalue weighted by atomic mass is 19.1. The topological polar surface area (TPSA) is 146 Å². The van der Waals surface area contributed by atoms with E-state index in [0.717, 1.165) is 24.4 Å². The van der Waals surface area contributed by atoms with E-state index in [1.165, 1.54) is 4.68 Å². The van der Waals surface area contributed by atoms with Crippen molar-refractivity contribution < 1.29 is 22.9 Å². The van der Waals surface area contributed by atoms with Crippen LogP contribution in [0.2, 0.25) is 0 Å².